The van der Waals surface area contributed by atoms with E-state index in [1.165, 1.54) is 0 Å². The number of hydrogen-bond acceptors (Lipinski definition) is 3. The van der Waals surface area contributed by atoms with E-state index in [-0.39, 0.29) is 12.8 Å². The standard InChI is InChI=1S/C17H15F2NO2/c1-21-11-3-5-12-13-4-2-10(20)6-15(13)22-16(14(12)7-11)8-17(18,19)9-16/h2-7H,8-9,20H2,1H3. The third-order valence-corrected chi connectivity index (χ3v) is 4.41. The fourth-order valence-electron chi connectivity index (χ4n) is 3.42. The highest BCUT2D eigenvalue weighted by Gasteiger charge is 2.61. The van der Waals surface area contributed by atoms with Gasteiger partial charge in [0.05, 0.1) is 20.0 Å². The number of rotatable bonds is 1. The summed E-state index contributed by atoms with van der Waals surface area (Å²) in [7, 11) is 1.56. The van der Waals surface area contributed by atoms with Gasteiger partial charge in [-0.3, -0.25) is 0 Å². The Bertz CT molecular complexity index is 765. The van der Waals surface area contributed by atoms with Crippen LogP contribution in [0, 0.1) is 0 Å². The third kappa shape index (κ3) is 1.78. The molecule has 1 fully saturated rings. The highest BCUT2D eigenvalue weighted by molar-refractivity contribution is 5.79. The minimum atomic E-state index is -2.70. The zero-order chi connectivity index (χ0) is 15.5. The van der Waals surface area contributed by atoms with Gasteiger partial charge >= 0.3 is 0 Å². The lowest BCUT2D eigenvalue weighted by Crippen LogP contribution is -2.54. The van der Waals surface area contributed by atoms with Crippen molar-refractivity contribution < 1.29 is 18.3 Å². The van der Waals surface area contributed by atoms with E-state index in [9.17, 15) is 8.78 Å². The van der Waals surface area contributed by atoms with Gasteiger partial charge in [-0.2, -0.15) is 0 Å². The van der Waals surface area contributed by atoms with E-state index in [2.05, 4.69) is 0 Å². The van der Waals surface area contributed by atoms with Crippen LogP contribution in [0.4, 0.5) is 14.5 Å². The van der Waals surface area contributed by atoms with Crippen molar-refractivity contribution in [3.63, 3.8) is 0 Å². The number of nitrogens with two attached hydrogens (primary N) is 1. The van der Waals surface area contributed by atoms with Crippen molar-refractivity contribution in [2.45, 2.75) is 24.4 Å². The fraction of sp³-hybridized carbons (Fsp3) is 0.294. The molecule has 1 spiro atoms. The molecular formula is C17H15F2NO2. The van der Waals surface area contributed by atoms with Crippen molar-refractivity contribution in [1.82, 2.24) is 0 Å². The van der Waals surface area contributed by atoms with Crippen LogP contribution in [-0.4, -0.2) is 13.0 Å². The zero-order valence-corrected chi connectivity index (χ0v) is 12.0. The van der Waals surface area contributed by atoms with E-state index in [0.717, 1.165) is 16.7 Å². The Kier molecular flexibility index (Phi) is 2.50. The number of methoxy groups -OCH3 is 1. The van der Waals surface area contributed by atoms with Crippen molar-refractivity contribution in [3.8, 4) is 22.6 Å². The van der Waals surface area contributed by atoms with E-state index < -0.39 is 11.5 Å². The Morgan fingerprint density at radius 3 is 2.50 bits per heavy atom. The molecule has 0 saturated heterocycles. The van der Waals surface area contributed by atoms with Crippen LogP contribution >= 0.6 is 0 Å². The zero-order valence-electron chi connectivity index (χ0n) is 12.0. The first-order chi connectivity index (χ1) is 10.4. The molecule has 1 saturated carbocycles. The highest BCUT2D eigenvalue weighted by Crippen LogP contribution is 2.59. The number of anilines is 1. The Labute approximate surface area is 126 Å². The molecule has 2 aliphatic rings. The summed E-state index contributed by atoms with van der Waals surface area (Å²) < 4.78 is 38.3. The quantitative estimate of drug-likeness (QED) is 0.811. The Hall–Kier alpha value is -2.30. The number of ether oxygens (including phenoxy) is 2. The van der Waals surface area contributed by atoms with Gasteiger partial charge < -0.3 is 15.2 Å². The molecule has 0 amide bonds. The molecule has 2 aromatic carbocycles. The smallest absolute Gasteiger partial charge is 0.256 e. The first kappa shape index (κ1) is 13.4. The average Bonchev–Trinajstić information content (AvgIpc) is 2.44. The number of alkyl halides is 2. The van der Waals surface area contributed by atoms with Gasteiger partial charge in [0.1, 0.15) is 17.1 Å². The molecule has 2 aromatic rings. The van der Waals surface area contributed by atoms with Crippen molar-refractivity contribution in [3.05, 3.63) is 42.0 Å². The molecule has 2 N–H and O–H groups in total. The Morgan fingerprint density at radius 2 is 1.82 bits per heavy atom. The second-order valence-corrected chi connectivity index (χ2v) is 5.97. The molecule has 4 rings (SSSR count). The van der Waals surface area contributed by atoms with Gasteiger partial charge in [0, 0.05) is 22.9 Å². The number of benzene rings is 2. The minimum absolute atomic E-state index is 0.325. The van der Waals surface area contributed by atoms with E-state index in [0.29, 0.717) is 17.2 Å². The second-order valence-electron chi connectivity index (χ2n) is 5.97. The van der Waals surface area contributed by atoms with Crippen LogP contribution in [0.1, 0.15) is 18.4 Å². The Balaban J connectivity index is 1.92. The highest BCUT2D eigenvalue weighted by atomic mass is 19.3. The van der Waals surface area contributed by atoms with Crippen LogP contribution in [0.3, 0.4) is 0 Å². The van der Waals surface area contributed by atoms with Crippen LogP contribution in [0.15, 0.2) is 36.4 Å². The topological polar surface area (TPSA) is 44.5 Å². The van der Waals surface area contributed by atoms with Gasteiger partial charge in [-0.05, 0) is 29.8 Å². The molecule has 1 aliphatic heterocycles. The van der Waals surface area contributed by atoms with Crippen LogP contribution in [0.2, 0.25) is 0 Å². The van der Waals surface area contributed by atoms with Crippen molar-refractivity contribution >= 4 is 5.69 Å². The van der Waals surface area contributed by atoms with Crippen LogP contribution in [-0.2, 0) is 5.60 Å². The van der Waals surface area contributed by atoms with Gasteiger partial charge in [-0.25, -0.2) is 8.78 Å². The maximum absolute atomic E-state index is 13.6. The predicted octanol–water partition coefficient (Wildman–Crippen LogP) is 3.96. The van der Waals surface area contributed by atoms with Crippen molar-refractivity contribution in [2.24, 2.45) is 0 Å². The maximum Gasteiger partial charge on any atom is 0.256 e. The lowest BCUT2D eigenvalue weighted by molar-refractivity contribution is -0.198. The lowest BCUT2D eigenvalue weighted by atomic mass is 9.68. The third-order valence-electron chi connectivity index (χ3n) is 4.41. The SMILES string of the molecule is COc1ccc2c(c1)C1(CC(F)(F)C1)Oc1cc(N)ccc1-2. The summed E-state index contributed by atoms with van der Waals surface area (Å²) >= 11 is 0. The molecule has 114 valence electrons. The summed E-state index contributed by atoms with van der Waals surface area (Å²) in [4.78, 5) is 0. The molecule has 0 radical (unpaired) electrons. The average molecular weight is 303 g/mol. The first-order valence-corrected chi connectivity index (χ1v) is 7.08. The van der Waals surface area contributed by atoms with Crippen molar-refractivity contribution in [2.75, 3.05) is 12.8 Å². The summed E-state index contributed by atoms with van der Waals surface area (Å²) in [5.74, 6) is -1.50. The molecule has 5 heteroatoms. The molecule has 0 bridgehead atoms. The number of nitrogen functional groups attached to an aromatic ring is 1. The molecule has 1 aliphatic carbocycles. The summed E-state index contributed by atoms with van der Waals surface area (Å²) in [5.41, 5.74) is 7.89. The summed E-state index contributed by atoms with van der Waals surface area (Å²) in [6.45, 7) is 0. The molecule has 22 heavy (non-hydrogen) atoms. The van der Waals surface area contributed by atoms with Gasteiger partial charge in [0.25, 0.3) is 5.92 Å². The minimum Gasteiger partial charge on any atom is -0.497 e. The van der Waals surface area contributed by atoms with E-state index in [1.54, 1.807) is 25.3 Å². The number of halogens is 2. The molecule has 0 atom stereocenters. The number of hydrogen-bond donors (Lipinski definition) is 1. The predicted molar refractivity (Wildman–Crippen MR) is 79.3 cm³/mol. The van der Waals surface area contributed by atoms with E-state index in [1.807, 2.05) is 18.2 Å². The Morgan fingerprint density at radius 1 is 1.09 bits per heavy atom. The molecular weight excluding hydrogens is 288 g/mol. The molecule has 3 nitrogen and oxygen atoms in total. The van der Waals surface area contributed by atoms with Gasteiger partial charge in [0.2, 0.25) is 0 Å². The summed E-state index contributed by atoms with van der Waals surface area (Å²) in [6.07, 6.45) is -0.650. The van der Waals surface area contributed by atoms with E-state index >= 15 is 0 Å². The van der Waals surface area contributed by atoms with Gasteiger partial charge in [0.15, 0.2) is 0 Å². The van der Waals surface area contributed by atoms with Crippen molar-refractivity contribution in [1.29, 1.82) is 0 Å². The molecule has 1 heterocycles. The molecule has 0 unspecified atom stereocenters. The largest absolute Gasteiger partial charge is 0.497 e. The molecule has 0 aromatic heterocycles. The fourth-order valence-corrected chi connectivity index (χ4v) is 3.42. The summed E-state index contributed by atoms with van der Waals surface area (Å²) in [5, 5.41) is 0. The first-order valence-electron chi connectivity index (χ1n) is 7.08. The van der Waals surface area contributed by atoms with Crippen LogP contribution < -0.4 is 15.2 Å². The van der Waals surface area contributed by atoms with Gasteiger partial charge in [-0.15, -0.1) is 0 Å². The normalized spacial score (nSPS) is 19.6. The maximum atomic E-state index is 13.6. The second kappa shape index (κ2) is 4.12. The van der Waals surface area contributed by atoms with Crippen LogP contribution in [0.5, 0.6) is 11.5 Å². The van der Waals surface area contributed by atoms with Gasteiger partial charge in [-0.1, -0.05) is 6.07 Å². The van der Waals surface area contributed by atoms with E-state index in [4.69, 9.17) is 15.2 Å². The van der Waals surface area contributed by atoms with Crippen LogP contribution in [0.25, 0.3) is 11.1 Å². The monoisotopic (exact) mass is 303 g/mol. The lowest BCUT2D eigenvalue weighted by Gasteiger charge is -2.50. The number of fused-ring (bicyclic) bond motifs is 4. The summed E-state index contributed by atoms with van der Waals surface area (Å²) in [6, 6.07) is 10.9.